The maximum atomic E-state index is 5.86. The second-order valence-electron chi connectivity index (χ2n) is 4.17. The fourth-order valence-corrected chi connectivity index (χ4v) is 2.01. The highest BCUT2D eigenvalue weighted by Crippen LogP contribution is 2.17. The van der Waals surface area contributed by atoms with Crippen molar-refractivity contribution in [3.63, 3.8) is 0 Å². The summed E-state index contributed by atoms with van der Waals surface area (Å²) in [6.45, 7) is 2.97. The molecule has 0 spiro atoms. The number of aryl methyl sites for hydroxylation is 1. The van der Waals surface area contributed by atoms with Crippen LogP contribution < -0.4 is 5.32 Å². The average molecular weight is 265 g/mol. The van der Waals surface area contributed by atoms with Gasteiger partial charge < -0.3 is 9.88 Å². The third-order valence-electron chi connectivity index (χ3n) is 2.87. The molecule has 2 rings (SSSR count). The van der Waals surface area contributed by atoms with Gasteiger partial charge in [0.05, 0.1) is 16.8 Å². The number of nitrogens with one attached hydrogen (secondary N) is 1. The molecular weight excluding hydrogens is 248 g/mol. The molecule has 2 heterocycles. The molecule has 2 aromatic rings. The van der Waals surface area contributed by atoms with Crippen molar-refractivity contribution in [1.82, 2.24) is 19.9 Å². The Bertz CT molecular complexity index is 492. The molecule has 18 heavy (non-hydrogen) atoms. The highest BCUT2D eigenvalue weighted by molar-refractivity contribution is 6.30. The molecule has 0 saturated carbocycles. The van der Waals surface area contributed by atoms with Gasteiger partial charge in [-0.25, -0.2) is 4.98 Å². The van der Waals surface area contributed by atoms with Gasteiger partial charge in [-0.2, -0.15) is 0 Å². The molecule has 0 fully saturated rings. The van der Waals surface area contributed by atoms with Gasteiger partial charge in [0.1, 0.15) is 5.82 Å². The third kappa shape index (κ3) is 3.09. The van der Waals surface area contributed by atoms with E-state index in [9.17, 15) is 0 Å². The first-order chi connectivity index (χ1) is 8.70. The predicted octanol–water partition coefficient (Wildman–Crippen LogP) is 2.36. The molecule has 0 aromatic carbocycles. The Hall–Kier alpha value is -1.39. The van der Waals surface area contributed by atoms with Crippen LogP contribution in [0.25, 0.3) is 0 Å². The van der Waals surface area contributed by atoms with Crippen LogP contribution in [0.4, 0.5) is 0 Å². The summed E-state index contributed by atoms with van der Waals surface area (Å²) in [6, 6.07) is 3.99. The lowest BCUT2D eigenvalue weighted by atomic mass is 10.1. The number of pyridine rings is 1. The van der Waals surface area contributed by atoms with Crippen LogP contribution in [0.1, 0.15) is 24.5 Å². The summed E-state index contributed by atoms with van der Waals surface area (Å²) >= 11 is 5.86. The van der Waals surface area contributed by atoms with E-state index < -0.39 is 0 Å². The molecule has 0 aliphatic carbocycles. The van der Waals surface area contributed by atoms with E-state index in [4.69, 9.17) is 11.6 Å². The van der Waals surface area contributed by atoms with Crippen molar-refractivity contribution in [2.24, 2.45) is 7.05 Å². The summed E-state index contributed by atoms with van der Waals surface area (Å²) < 4.78 is 2.03. The standard InChI is InChI=1S/C13H17ClN4/c1-3-15-12(8-13-16-6-7-18(13)2)11-5-4-10(14)9-17-11/h4-7,9,12,15H,3,8H2,1-2H3. The summed E-state index contributed by atoms with van der Waals surface area (Å²) in [5, 5.41) is 4.08. The van der Waals surface area contributed by atoms with Crippen molar-refractivity contribution < 1.29 is 0 Å². The monoisotopic (exact) mass is 264 g/mol. The molecule has 2 aromatic heterocycles. The number of imidazole rings is 1. The van der Waals surface area contributed by atoms with Crippen molar-refractivity contribution >= 4 is 11.6 Å². The van der Waals surface area contributed by atoms with Crippen LogP contribution in [0.3, 0.4) is 0 Å². The smallest absolute Gasteiger partial charge is 0.110 e. The van der Waals surface area contributed by atoms with Gasteiger partial charge >= 0.3 is 0 Å². The van der Waals surface area contributed by atoms with Crippen LogP contribution in [0.2, 0.25) is 5.02 Å². The Morgan fingerprint density at radius 2 is 2.22 bits per heavy atom. The topological polar surface area (TPSA) is 42.7 Å². The Kier molecular flexibility index (Phi) is 4.33. The van der Waals surface area contributed by atoms with E-state index in [1.54, 1.807) is 6.20 Å². The van der Waals surface area contributed by atoms with E-state index in [1.165, 1.54) is 0 Å². The molecule has 1 N–H and O–H groups in total. The Labute approximate surface area is 112 Å². The van der Waals surface area contributed by atoms with Crippen molar-refractivity contribution in [1.29, 1.82) is 0 Å². The van der Waals surface area contributed by atoms with Crippen LogP contribution in [0.5, 0.6) is 0 Å². The SMILES string of the molecule is CCNC(Cc1nccn1C)c1ccc(Cl)cn1. The van der Waals surface area contributed by atoms with Gasteiger partial charge in [-0.15, -0.1) is 0 Å². The van der Waals surface area contributed by atoms with E-state index in [2.05, 4.69) is 22.2 Å². The molecule has 4 nitrogen and oxygen atoms in total. The zero-order valence-corrected chi connectivity index (χ0v) is 11.4. The summed E-state index contributed by atoms with van der Waals surface area (Å²) in [5.41, 5.74) is 0.990. The summed E-state index contributed by atoms with van der Waals surface area (Å²) in [5.74, 6) is 1.04. The summed E-state index contributed by atoms with van der Waals surface area (Å²) in [7, 11) is 2.00. The molecule has 5 heteroatoms. The second kappa shape index (κ2) is 5.98. The van der Waals surface area contributed by atoms with Gasteiger partial charge in [-0.05, 0) is 18.7 Å². The number of rotatable bonds is 5. The minimum Gasteiger partial charge on any atom is -0.338 e. The fraction of sp³-hybridized carbons (Fsp3) is 0.385. The molecule has 0 saturated heterocycles. The molecular formula is C13H17ClN4. The van der Waals surface area contributed by atoms with Crippen LogP contribution in [0.15, 0.2) is 30.7 Å². The zero-order valence-electron chi connectivity index (χ0n) is 10.6. The van der Waals surface area contributed by atoms with Gasteiger partial charge in [0.2, 0.25) is 0 Å². The maximum Gasteiger partial charge on any atom is 0.110 e. The number of nitrogens with zero attached hydrogens (tertiary/aromatic N) is 3. The zero-order chi connectivity index (χ0) is 13.0. The van der Waals surface area contributed by atoms with Crippen molar-refractivity contribution in [2.45, 2.75) is 19.4 Å². The first-order valence-electron chi connectivity index (χ1n) is 6.01. The largest absolute Gasteiger partial charge is 0.338 e. The van der Waals surface area contributed by atoms with Gasteiger partial charge in [-0.3, -0.25) is 4.98 Å². The highest BCUT2D eigenvalue weighted by Gasteiger charge is 2.14. The number of halogens is 1. The summed E-state index contributed by atoms with van der Waals surface area (Å²) in [4.78, 5) is 8.73. The average Bonchev–Trinajstić information content (AvgIpc) is 2.76. The van der Waals surface area contributed by atoms with E-state index in [1.807, 2.05) is 36.1 Å². The fourth-order valence-electron chi connectivity index (χ4n) is 1.90. The normalized spacial score (nSPS) is 12.6. The molecule has 0 amide bonds. The molecule has 0 aliphatic heterocycles. The first kappa shape index (κ1) is 13.1. The molecule has 96 valence electrons. The second-order valence-corrected chi connectivity index (χ2v) is 4.61. The lowest BCUT2D eigenvalue weighted by Crippen LogP contribution is -2.25. The van der Waals surface area contributed by atoms with Gasteiger partial charge in [0.15, 0.2) is 0 Å². The van der Waals surface area contributed by atoms with E-state index in [0.717, 1.165) is 24.5 Å². The Balaban J connectivity index is 2.18. The van der Waals surface area contributed by atoms with E-state index in [-0.39, 0.29) is 6.04 Å². The first-order valence-corrected chi connectivity index (χ1v) is 6.39. The Morgan fingerprint density at radius 1 is 1.39 bits per heavy atom. The molecule has 0 radical (unpaired) electrons. The van der Waals surface area contributed by atoms with Crippen molar-refractivity contribution in [3.05, 3.63) is 47.3 Å². The quantitative estimate of drug-likeness (QED) is 0.902. The number of likely N-dealkylation sites (N-methyl/N-ethyl adjacent to an activating group) is 1. The molecule has 1 atom stereocenters. The van der Waals surface area contributed by atoms with Gasteiger partial charge in [0, 0.05) is 32.1 Å². The highest BCUT2D eigenvalue weighted by atomic mass is 35.5. The Morgan fingerprint density at radius 3 is 2.78 bits per heavy atom. The lowest BCUT2D eigenvalue weighted by Gasteiger charge is -2.17. The van der Waals surface area contributed by atoms with Crippen molar-refractivity contribution in [3.8, 4) is 0 Å². The lowest BCUT2D eigenvalue weighted by molar-refractivity contribution is 0.517. The molecule has 0 bridgehead atoms. The van der Waals surface area contributed by atoms with E-state index in [0.29, 0.717) is 5.02 Å². The van der Waals surface area contributed by atoms with Gasteiger partial charge in [-0.1, -0.05) is 18.5 Å². The van der Waals surface area contributed by atoms with Crippen LogP contribution in [0, 0.1) is 0 Å². The number of hydrogen-bond acceptors (Lipinski definition) is 3. The van der Waals surface area contributed by atoms with Crippen LogP contribution in [-0.2, 0) is 13.5 Å². The minimum absolute atomic E-state index is 0.161. The van der Waals surface area contributed by atoms with Crippen molar-refractivity contribution in [2.75, 3.05) is 6.54 Å². The molecule has 1 unspecified atom stereocenters. The van der Waals surface area contributed by atoms with Gasteiger partial charge in [0.25, 0.3) is 0 Å². The number of hydrogen-bond donors (Lipinski definition) is 1. The maximum absolute atomic E-state index is 5.86. The third-order valence-corrected chi connectivity index (χ3v) is 3.09. The molecule has 0 aliphatic rings. The minimum atomic E-state index is 0.161. The van der Waals surface area contributed by atoms with E-state index >= 15 is 0 Å². The van der Waals surface area contributed by atoms with Crippen LogP contribution in [-0.4, -0.2) is 21.1 Å². The number of aromatic nitrogens is 3. The van der Waals surface area contributed by atoms with Crippen LogP contribution >= 0.6 is 11.6 Å². The predicted molar refractivity (Wildman–Crippen MR) is 72.6 cm³/mol. The summed E-state index contributed by atoms with van der Waals surface area (Å²) in [6.07, 6.45) is 6.26.